The molecule has 0 saturated heterocycles. The Morgan fingerprint density at radius 3 is 1.36 bits per heavy atom. The lowest BCUT2D eigenvalue weighted by atomic mass is 9.78. The van der Waals surface area contributed by atoms with Gasteiger partial charge in [0.25, 0.3) is 0 Å². The van der Waals surface area contributed by atoms with Crippen molar-refractivity contribution < 1.29 is 0 Å². The minimum atomic E-state index is -2.79. The molecular weight excluding hydrogens is 617 g/mol. The number of rotatable bonds is 4. The minimum absolute atomic E-state index is 0.0171. The number of hydrogen-bond acceptors (Lipinski definition) is 0. The maximum Gasteiger partial charge on any atom is 0.230 e. The van der Waals surface area contributed by atoms with Gasteiger partial charge in [-0.3, -0.25) is 0 Å². The Balaban J connectivity index is 1.60. The molecule has 0 atom stereocenters. The predicted octanol–water partition coefficient (Wildman–Crippen LogP) is 10.6. The fraction of sp³-hybridized carbons (Fsp3) is 0.184. The molecule has 1 heteroatoms. The fourth-order valence-electron chi connectivity index (χ4n) is 7.31. The zero-order chi connectivity index (χ0) is 35.1. The van der Waals surface area contributed by atoms with Crippen LogP contribution in [0.15, 0.2) is 152 Å². The second kappa shape index (κ2) is 12.9. The molecule has 0 aliphatic carbocycles. The van der Waals surface area contributed by atoms with Crippen LogP contribution in [0.1, 0.15) is 63.8 Å². The molecule has 7 aromatic carbocycles. The molecule has 246 valence electrons. The third kappa shape index (κ3) is 6.10. The largest absolute Gasteiger partial charge is 0.230 e. The molecule has 0 unspecified atom stereocenters. The van der Waals surface area contributed by atoms with Gasteiger partial charge in [-0.25, -0.2) is 0 Å². The summed E-state index contributed by atoms with van der Waals surface area (Å²) >= 11 is 0. The van der Waals surface area contributed by atoms with Crippen molar-refractivity contribution in [2.24, 2.45) is 0 Å². The number of aryl methyl sites for hydroxylation is 1. The normalized spacial score (nSPS) is 12.1. The van der Waals surface area contributed by atoms with Gasteiger partial charge >= 0.3 is 0 Å². The first-order valence-corrected chi connectivity index (χ1v) is 19.8. The fourth-order valence-corrected chi connectivity index (χ4v) is 11.1. The van der Waals surface area contributed by atoms with Gasteiger partial charge in [0.05, 0.1) is 0 Å². The van der Waals surface area contributed by atoms with Gasteiger partial charge in [-0.15, -0.1) is 5.54 Å². The van der Waals surface area contributed by atoms with Gasteiger partial charge in [0, 0.05) is 5.56 Å². The molecule has 0 spiro atoms. The summed E-state index contributed by atoms with van der Waals surface area (Å²) < 4.78 is 0. The topological polar surface area (TPSA) is 0 Å². The van der Waals surface area contributed by atoms with Crippen LogP contribution in [0, 0.1) is 18.4 Å². The molecule has 0 fully saturated rings. The van der Waals surface area contributed by atoms with E-state index in [-0.39, 0.29) is 10.8 Å². The third-order valence-electron chi connectivity index (χ3n) is 10.1. The lowest BCUT2D eigenvalue weighted by Crippen LogP contribution is -2.66. The maximum atomic E-state index is 4.10. The summed E-state index contributed by atoms with van der Waals surface area (Å²) in [4.78, 5) is 0. The molecule has 0 aliphatic rings. The highest BCUT2D eigenvalue weighted by Crippen LogP contribution is 2.42. The van der Waals surface area contributed by atoms with E-state index in [0.29, 0.717) is 0 Å². The second-order valence-corrected chi connectivity index (χ2v) is 19.2. The molecule has 0 N–H and O–H groups in total. The molecule has 0 radical (unpaired) electrons. The molecule has 7 rings (SSSR count). The molecule has 0 saturated carbocycles. The van der Waals surface area contributed by atoms with Crippen LogP contribution in [0.4, 0.5) is 0 Å². The monoisotopic (exact) mass is 662 g/mol. The summed E-state index contributed by atoms with van der Waals surface area (Å²) in [6.45, 7) is 16.1. The van der Waals surface area contributed by atoms with Gasteiger partial charge in [-0.05, 0) is 77.1 Å². The SMILES string of the molecule is Cc1ccc2c(C#C[Si](c3ccccc3)(c3ccccc3)c3ccccc3)c3ccccc3c(-c3cc(C(C)(C)C)cc(C(C)(C)C)c3)c2c1. The van der Waals surface area contributed by atoms with E-state index in [9.17, 15) is 0 Å². The summed E-state index contributed by atoms with van der Waals surface area (Å²) in [6, 6.07) is 56.0. The molecule has 0 aliphatic heterocycles. The first-order chi connectivity index (χ1) is 24.0. The summed E-state index contributed by atoms with van der Waals surface area (Å²) in [5.74, 6) is 3.95. The predicted molar refractivity (Wildman–Crippen MR) is 220 cm³/mol. The van der Waals surface area contributed by atoms with Crippen molar-refractivity contribution >= 4 is 45.2 Å². The van der Waals surface area contributed by atoms with Crippen molar-refractivity contribution in [3.05, 3.63) is 174 Å². The molecule has 0 heterocycles. The molecule has 0 aromatic heterocycles. The van der Waals surface area contributed by atoms with Crippen molar-refractivity contribution in [1.82, 2.24) is 0 Å². The molecular formula is C49H46Si. The van der Waals surface area contributed by atoms with Gasteiger partial charge in [0.2, 0.25) is 8.07 Å². The van der Waals surface area contributed by atoms with Crippen molar-refractivity contribution in [3.63, 3.8) is 0 Å². The summed E-state index contributed by atoms with van der Waals surface area (Å²) in [7, 11) is -2.79. The first-order valence-electron chi connectivity index (χ1n) is 17.8. The Labute approximate surface area is 299 Å². The Morgan fingerprint density at radius 1 is 0.440 bits per heavy atom. The van der Waals surface area contributed by atoms with Crippen LogP contribution in [-0.2, 0) is 10.8 Å². The second-order valence-electron chi connectivity index (χ2n) is 15.7. The van der Waals surface area contributed by atoms with Crippen LogP contribution in [0.5, 0.6) is 0 Å². The van der Waals surface area contributed by atoms with E-state index in [4.69, 9.17) is 0 Å². The highest BCUT2D eigenvalue weighted by atomic mass is 28.3. The van der Waals surface area contributed by atoms with E-state index in [1.165, 1.54) is 64.9 Å². The maximum absolute atomic E-state index is 4.10. The lowest BCUT2D eigenvalue weighted by molar-refractivity contribution is 0.569. The van der Waals surface area contributed by atoms with Gasteiger partial charge < -0.3 is 0 Å². The highest BCUT2D eigenvalue weighted by Gasteiger charge is 2.38. The Hall–Kier alpha value is -5.16. The van der Waals surface area contributed by atoms with Crippen molar-refractivity contribution in [3.8, 4) is 22.6 Å². The van der Waals surface area contributed by atoms with Gasteiger partial charge in [-0.1, -0.05) is 205 Å². The van der Waals surface area contributed by atoms with Crippen molar-refractivity contribution in [2.75, 3.05) is 0 Å². The number of benzene rings is 7. The molecule has 0 nitrogen and oxygen atoms in total. The number of hydrogen-bond donors (Lipinski definition) is 0. The van der Waals surface area contributed by atoms with E-state index >= 15 is 0 Å². The van der Waals surface area contributed by atoms with Crippen LogP contribution < -0.4 is 15.6 Å². The van der Waals surface area contributed by atoms with Crippen LogP contribution >= 0.6 is 0 Å². The molecule has 7 aromatic rings. The van der Waals surface area contributed by atoms with Crippen LogP contribution in [0.25, 0.3) is 32.7 Å². The summed E-state index contributed by atoms with van der Waals surface area (Å²) in [5, 5.41) is 8.77. The molecule has 0 bridgehead atoms. The summed E-state index contributed by atoms with van der Waals surface area (Å²) in [6.07, 6.45) is 0. The zero-order valence-corrected chi connectivity index (χ0v) is 31.4. The highest BCUT2D eigenvalue weighted by molar-refractivity contribution is 7.16. The van der Waals surface area contributed by atoms with Gasteiger partial charge in [-0.2, -0.15) is 0 Å². The van der Waals surface area contributed by atoms with E-state index in [1.54, 1.807) is 0 Å². The van der Waals surface area contributed by atoms with E-state index in [0.717, 1.165) is 5.56 Å². The lowest BCUT2D eigenvalue weighted by Gasteiger charge is -2.28. The quantitative estimate of drug-likeness (QED) is 0.0762. The Kier molecular flexibility index (Phi) is 8.63. The Morgan fingerprint density at radius 2 is 0.880 bits per heavy atom. The standard InChI is InChI=1S/C49H46Si/c1-35-27-28-43-44(29-30-50(39-19-11-8-12-20-39,40-21-13-9-14-22-40)41-23-15-10-16-24-41)42-25-17-18-26-45(42)47(46(43)31-35)36-32-37(48(2,3)4)34-38(33-36)49(5,6)7/h8-28,31-34H,1-7H3. The third-order valence-corrected chi connectivity index (χ3v) is 14.2. The van der Waals surface area contributed by atoms with Crippen LogP contribution in [0.2, 0.25) is 0 Å². The molecule has 0 amide bonds. The van der Waals surface area contributed by atoms with Crippen LogP contribution in [0.3, 0.4) is 0 Å². The van der Waals surface area contributed by atoms with E-state index < -0.39 is 8.07 Å². The smallest absolute Gasteiger partial charge is 0.109 e. The summed E-state index contributed by atoms with van der Waals surface area (Å²) in [5.41, 5.74) is 11.8. The van der Waals surface area contributed by atoms with Gasteiger partial charge in [0.15, 0.2) is 0 Å². The average Bonchev–Trinajstić information content (AvgIpc) is 3.12. The van der Waals surface area contributed by atoms with Crippen molar-refractivity contribution in [1.29, 1.82) is 0 Å². The average molecular weight is 663 g/mol. The van der Waals surface area contributed by atoms with E-state index in [2.05, 4.69) is 212 Å². The van der Waals surface area contributed by atoms with Crippen LogP contribution in [-0.4, -0.2) is 8.07 Å². The van der Waals surface area contributed by atoms with Crippen molar-refractivity contribution in [2.45, 2.75) is 59.3 Å². The molecule has 50 heavy (non-hydrogen) atoms. The Bertz CT molecular complexity index is 2250. The van der Waals surface area contributed by atoms with Gasteiger partial charge in [0.1, 0.15) is 0 Å². The number of fused-ring (bicyclic) bond motifs is 2. The zero-order valence-electron chi connectivity index (χ0n) is 30.4. The first kappa shape index (κ1) is 33.3. The van der Waals surface area contributed by atoms with E-state index in [1.807, 2.05) is 0 Å². The minimum Gasteiger partial charge on any atom is -0.109 e.